The molecular formula is C44H74NO11P. The summed E-state index contributed by atoms with van der Waals surface area (Å²) in [4.78, 5) is 45.9. The summed E-state index contributed by atoms with van der Waals surface area (Å²) in [5, 5.41) is 18.6. The number of esters is 2. The summed E-state index contributed by atoms with van der Waals surface area (Å²) in [6, 6.07) is -1.54. The summed E-state index contributed by atoms with van der Waals surface area (Å²) in [6.45, 7) is 2.48. The molecule has 0 heterocycles. The largest absolute Gasteiger partial charge is 0.480 e. The van der Waals surface area contributed by atoms with Crippen LogP contribution in [0.2, 0.25) is 0 Å². The van der Waals surface area contributed by atoms with Crippen LogP contribution in [0.1, 0.15) is 149 Å². The average Bonchev–Trinajstić information content (AvgIpc) is 3.18. The Bertz CT molecular complexity index is 1260. The van der Waals surface area contributed by atoms with E-state index in [1.54, 1.807) is 0 Å². The molecule has 0 aromatic heterocycles. The fourth-order valence-electron chi connectivity index (χ4n) is 5.16. The van der Waals surface area contributed by atoms with Crippen molar-refractivity contribution in [3.8, 4) is 0 Å². The number of unbranched alkanes of at least 4 members (excludes halogenated alkanes) is 9. The predicted molar refractivity (Wildman–Crippen MR) is 227 cm³/mol. The van der Waals surface area contributed by atoms with Crippen molar-refractivity contribution in [3.05, 3.63) is 72.9 Å². The number of carbonyl (C=O) groups excluding carboxylic acids is 2. The highest BCUT2D eigenvalue weighted by atomic mass is 31.2. The van der Waals surface area contributed by atoms with E-state index < -0.39 is 51.1 Å². The highest BCUT2D eigenvalue weighted by Gasteiger charge is 2.28. The van der Waals surface area contributed by atoms with E-state index in [0.29, 0.717) is 25.7 Å². The molecule has 0 amide bonds. The first kappa shape index (κ1) is 53.9. The van der Waals surface area contributed by atoms with Crippen molar-refractivity contribution in [1.29, 1.82) is 0 Å². The fourth-order valence-corrected chi connectivity index (χ4v) is 5.94. The maximum absolute atomic E-state index is 12.6. The number of hydrogen-bond acceptors (Lipinski definition) is 10. The van der Waals surface area contributed by atoms with E-state index in [2.05, 4.69) is 73.1 Å². The molecule has 326 valence electrons. The zero-order chi connectivity index (χ0) is 42.2. The Morgan fingerprint density at radius 3 is 1.68 bits per heavy atom. The average molecular weight is 824 g/mol. The summed E-state index contributed by atoms with van der Waals surface area (Å²) in [7, 11) is -4.75. The van der Waals surface area contributed by atoms with Crippen LogP contribution in [-0.2, 0) is 37.5 Å². The van der Waals surface area contributed by atoms with E-state index in [0.717, 1.165) is 77.0 Å². The number of aliphatic carboxylic acids is 1. The molecule has 57 heavy (non-hydrogen) atoms. The second-order valence-corrected chi connectivity index (χ2v) is 15.4. The zero-order valence-electron chi connectivity index (χ0n) is 34.8. The van der Waals surface area contributed by atoms with Crippen LogP contribution >= 0.6 is 7.82 Å². The van der Waals surface area contributed by atoms with E-state index >= 15 is 0 Å². The van der Waals surface area contributed by atoms with Gasteiger partial charge in [0, 0.05) is 12.8 Å². The number of phosphoric acid groups is 1. The van der Waals surface area contributed by atoms with Crippen LogP contribution in [0.15, 0.2) is 72.9 Å². The molecule has 0 bridgehead atoms. The molecule has 5 N–H and O–H groups in total. The molecule has 0 aliphatic heterocycles. The van der Waals surface area contributed by atoms with Gasteiger partial charge < -0.3 is 30.3 Å². The van der Waals surface area contributed by atoms with Crippen molar-refractivity contribution >= 4 is 25.7 Å². The number of nitrogens with two attached hydrogens (primary N) is 1. The minimum atomic E-state index is -4.75. The summed E-state index contributed by atoms with van der Waals surface area (Å²) < 4.78 is 32.6. The van der Waals surface area contributed by atoms with Gasteiger partial charge in [-0.1, -0.05) is 125 Å². The number of allylic oxidation sites excluding steroid dienone is 11. The molecule has 0 aliphatic carbocycles. The highest BCUT2D eigenvalue weighted by molar-refractivity contribution is 7.47. The Labute approximate surface area is 343 Å². The molecule has 0 saturated heterocycles. The molecule has 2 unspecified atom stereocenters. The minimum Gasteiger partial charge on any atom is -0.480 e. The van der Waals surface area contributed by atoms with E-state index in [9.17, 15) is 28.9 Å². The number of carboxylic acid groups (broad SMARTS) is 1. The van der Waals surface area contributed by atoms with Gasteiger partial charge in [0.1, 0.15) is 12.6 Å². The van der Waals surface area contributed by atoms with E-state index in [1.807, 2.05) is 18.2 Å². The summed E-state index contributed by atoms with van der Waals surface area (Å²) >= 11 is 0. The van der Waals surface area contributed by atoms with Gasteiger partial charge in [-0.25, -0.2) is 4.57 Å². The number of rotatable bonds is 38. The van der Waals surface area contributed by atoms with Gasteiger partial charge in [0.25, 0.3) is 0 Å². The van der Waals surface area contributed by atoms with Crippen LogP contribution < -0.4 is 5.73 Å². The first-order valence-electron chi connectivity index (χ1n) is 21.0. The molecule has 0 aromatic rings. The fraction of sp³-hybridized carbons (Fsp3) is 0.659. The van der Waals surface area contributed by atoms with Crippen LogP contribution in [0.5, 0.6) is 0 Å². The molecule has 0 saturated carbocycles. The second-order valence-electron chi connectivity index (χ2n) is 13.9. The number of carboxylic acids is 1. The maximum atomic E-state index is 12.6. The lowest BCUT2D eigenvalue weighted by Crippen LogP contribution is -2.34. The number of ether oxygens (including phenoxy) is 2. The maximum Gasteiger partial charge on any atom is 0.472 e. The van der Waals surface area contributed by atoms with Gasteiger partial charge in [-0.05, 0) is 83.5 Å². The lowest BCUT2D eigenvalue weighted by Gasteiger charge is -2.20. The molecule has 0 fully saturated rings. The third kappa shape index (κ3) is 38.2. The SMILES string of the molecule is CCCCC/C=C\C/C=C\CCCCCCCC(=O)OC[C@H](COP(=O)(O)OC[C@H](N)C(=O)O)OC(=O)CCC/C=C\C/C=C\C/C=C\C/C=C\CC(O)CCC. The molecule has 0 aromatic carbocycles. The summed E-state index contributed by atoms with van der Waals surface area (Å²) in [5.74, 6) is -2.51. The van der Waals surface area contributed by atoms with Crippen molar-refractivity contribution < 1.29 is 52.6 Å². The van der Waals surface area contributed by atoms with Gasteiger partial charge >= 0.3 is 25.7 Å². The Balaban J connectivity index is 4.55. The summed E-state index contributed by atoms with van der Waals surface area (Å²) in [5.41, 5.74) is 5.32. The zero-order valence-corrected chi connectivity index (χ0v) is 35.7. The molecule has 0 spiro atoms. The smallest absolute Gasteiger partial charge is 0.472 e. The first-order valence-corrected chi connectivity index (χ1v) is 22.5. The van der Waals surface area contributed by atoms with E-state index in [-0.39, 0.29) is 25.6 Å². The Hall–Kier alpha value is -3.12. The van der Waals surface area contributed by atoms with Gasteiger partial charge in [0.05, 0.1) is 19.3 Å². The van der Waals surface area contributed by atoms with Crippen LogP contribution in [0.25, 0.3) is 0 Å². The Morgan fingerprint density at radius 2 is 1.11 bits per heavy atom. The molecular weight excluding hydrogens is 749 g/mol. The second kappa shape index (κ2) is 38.4. The van der Waals surface area contributed by atoms with Gasteiger partial charge in [-0.15, -0.1) is 0 Å². The van der Waals surface area contributed by atoms with Crippen molar-refractivity contribution in [2.24, 2.45) is 5.73 Å². The quantitative estimate of drug-likeness (QED) is 0.0200. The molecule has 0 radical (unpaired) electrons. The van der Waals surface area contributed by atoms with Crippen LogP contribution in [0.4, 0.5) is 0 Å². The first-order chi connectivity index (χ1) is 27.5. The predicted octanol–water partition coefficient (Wildman–Crippen LogP) is 9.92. The lowest BCUT2D eigenvalue weighted by molar-refractivity contribution is -0.161. The van der Waals surface area contributed by atoms with Crippen LogP contribution in [-0.4, -0.2) is 71.1 Å². The number of aliphatic hydroxyl groups excluding tert-OH is 1. The Morgan fingerprint density at radius 1 is 0.614 bits per heavy atom. The number of carbonyl (C=O) groups is 3. The topological polar surface area (TPSA) is 192 Å². The molecule has 4 atom stereocenters. The van der Waals surface area contributed by atoms with Crippen molar-refractivity contribution in [3.63, 3.8) is 0 Å². The third-order valence-corrected chi connectivity index (χ3v) is 9.43. The van der Waals surface area contributed by atoms with Crippen LogP contribution in [0.3, 0.4) is 0 Å². The van der Waals surface area contributed by atoms with Crippen molar-refractivity contribution in [1.82, 2.24) is 0 Å². The van der Waals surface area contributed by atoms with Gasteiger partial charge in [0.2, 0.25) is 0 Å². The standard InChI is InChI=1S/C44H74NO11P/c1-3-5-6-7-8-9-10-11-12-15-18-21-24-27-30-34-42(47)53-36-40(37-54-57(51,52)55-38-41(45)44(49)50)56-43(48)35-31-28-25-22-19-16-13-14-17-20-23-26-29-33-39(46)32-4-2/h8-9,11-13,16-17,20,22,25-26,29,39-41,46H,3-7,10,14-15,18-19,21,23-24,27-28,30-38,45H2,1-2H3,(H,49,50)(H,51,52)/b9-8-,12-11-,16-13-,20-17-,25-22-,29-26-/t39?,40-,41+/m1/s1. The number of aliphatic hydroxyl groups is 1. The van der Waals surface area contributed by atoms with E-state index in [1.165, 1.54) is 19.3 Å². The molecule has 12 nitrogen and oxygen atoms in total. The molecule has 0 aliphatic rings. The van der Waals surface area contributed by atoms with Crippen LogP contribution in [0, 0.1) is 0 Å². The highest BCUT2D eigenvalue weighted by Crippen LogP contribution is 2.43. The Kier molecular flexibility index (Phi) is 36.3. The molecule has 13 heteroatoms. The number of hydrogen-bond donors (Lipinski definition) is 4. The van der Waals surface area contributed by atoms with E-state index in [4.69, 9.17) is 24.8 Å². The minimum absolute atomic E-state index is 0.0636. The number of phosphoric ester groups is 1. The van der Waals surface area contributed by atoms with Crippen molar-refractivity contribution in [2.75, 3.05) is 19.8 Å². The van der Waals surface area contributed by atoms with Gasteiger partial charge in [-0.3, -0.25) is 23.4 Å². The monoisotopic (exact) mass is 823 g/mol. The van der Waals surface area contributed by atoms with Gasteiger partial charge in [0.15, 0.2) is 6.10 Å². The third-order valence-electron chi connectivity index (χ3n) is 8.48. The lowest BCUT2D eigenvalue weighted by atomic mass is 10.1. The van der Waals surface area contributed by atoms with Gasteiger partial charge in [-0.2, -0.15) is 0 Å². The molecule has 0 rings (SSSR count). The normalized spacial score (nSPS) is 15.0. The summed E-state index contributed by atoms with van der Waals surface area (Å²) in [6.07, 6.45) is 41.8. The van der Waals surface area contributed by atoms with Crippen molar-refractivity contribution in [2.45, 2.75) is 167 Å².